The molecule has 8 heteroatoms. The molecule has 0 radical (unpaired) electrons. The van der Waals surface area contributed by atoms with Crippen LogP contribution in [0, 0.1) is 5.92 Å². The minimum Gasteiger partial charge on any atom is -0.482 e. The van der Waals surface area contributed by atoms with Crippen LogP contribution in [0.1, 0.15) is 5.56 Å². The molecule has 1 aromatic rings. The van der Waals surface area contributed by atoms with Gasteiger partial charge in [-0.3, -0.25) is 14.5 Å². The number of nitrogens with two attached hydrogens (primary N) is 1. The first-order valence-corrected chi connectivity index (χ1v) is 8.58. The Morgan fingerprint density at radius 1 is 1.40 bits per heavy atom. The van der Waals surface area contributed by atoms with Crippen LogP contribution in [0.25, 0.3) is 0 Å². The molecule has 25 heavy (non-hydrogen) atoms. The molecule has 7 nitrogen and oxygen atoms in total. The highest BCUT2D eigenvalue weighted by Crippen LogP contribution is 2.27. The van der Waals surface area contributed by atoms with Crippen LogP contribution in [-0.4, -0.2) is 67.6 Å². The Bertz CT molecular complexity index is 669. The summed E-state index contributed by atoms with van der Waals surface area (Å²) in [5, 5.41) is 0.435. The number of benzene rings is 1. The van der Waals surface area contributed by atoms with E-state index in [1.54, 1.807) is 6.07 Å². The second kappa shape index (κ2) is 7.59. The number of fused-ring (bicyclic) bond motifs is 3. The van der Waals surface area contributed by atoms with Crippen molar-refractivity contribution in [1.82, 2.24) is 9.80 Å². The standard InChI is InChI=1S/C17H22ClN3O4/c1-20-13-7-21(6-12(17(20)23)8-24-9-13)5-11-2-3-15(14(18)4-11)25-10-16(19)22/h2-4,12-13H,5-10H2,1H3,(H2,19,22)/t12-,13+/m1/s1. The highest BCUT2D eigenvalue weighted by molar-refractivity contribution is 6.32. The molecule has 2 aliphatic heterocycles. The molecule has 2 aliphatic rings. The Kier molecular flexibility index (Phi) is 5.46. The van der Waals surface area contributed by atoms with Crippen LogP contribution in [0.5, 0.6) is 5.75 Å². The first-order valence-electron chi connectivity index (χ1n) is 8.20. The fraction of sp³-hybridized carbons (Fsp3) is 0.529. The second-order valence-electron chi connectivity index (χ2n) is 6.55. The molecular weight excluding hydrogens is 346 g/mol. The fourth-order valence-electron chi connectivity index (χ4n) is 3.28. The second-order valence-corrected chi connectivity index (χ2v) is 6.96. The van der Waals surface area contributed by atoms with Gasteiger partial charge in [-0.05, 0) is 17.7 Å². The number of hydrogen-bond donors (Lipinski definition) is 1. The van der Waals surface area contributed by atoms with Crippen molar-refractivity contribution in [2.45, 2.75) is 12.6 Å². The Morgan fingerprint density at radius 3 is 2.92 bits per heavy atom. The molecule has 2 atom stereocenters. The molecule has 2 bridgehead atoms. The summed E-state index contributed by atoms with van der Waals surface area (Å²) in [6.45, 7) is 2.94. The number of ether oxygens (including phenoxy) is 2. The average Bonchev–Trinajstić information content (AvgIpc) is 2.73. The van der Waals surface area contributed by atoms with Crippen LogP contribution in [-0.2, 0) is 20.9 Å². The van der Waals surface area contributed by atoms with Gasteiger partial charge in [0.2, 0.25) is 5.91 Å². The van der Waals surface area contributed by atoms with Crippen molar-refractivity contribution in [3.63, 3.8) is 0 Å². The van der Waals surface area contributed by atoms with Gasteiger partial charge >= 0.3 is 0 Å². The molecule has 3 rings (SSSR count). The molecule has 0 unspecified atom stereocenters. The molecule has 2 amide bonds. The number of likely N-dealkylation sites (N-methyl/N-ethyl adjacent to an activating group) is 1. The highest BCUT2D eigenvalue weighted by atomic mass is 35.5. The number of primary amides is 1. The van der Waals surface area contributed by atoms with Crippen molar-refractivity contribution in [3.05, 3.63) is 28.8 Å². The van der Waals surface area contributed by atoms with Crippen molar-refractivity contribution >= 4 is 23.4 Å². The molecule has 136 valence electrons. The summed E-state index contributed by atoms with van der Waals surface area (Å²) in [5.74, 6) is -0.100. The van der Waals surface area contributed by atoms with Gasteiger partial charge in [-0.25, -0.2) is 0 Å². The van der Waals surface area contributed by atoms with Gasteiger partial charge in [-0.15, -0.1) is 0 Å². The summed E-state index contributed by atoms with van der Waals surface area (Å²) in [6, 6.07) is 5.53. The van der Waals surface area contributed by atoms with Gasteiger partial charge in [-0.1, -0.05) is 17.7 Å². The number of halogens is 1. The van der Waals surface area contributed by atoms with Crippen LogP contribution in [0.4, 0.5) is 0 Å². The third kappa shape index (κ3) is 4.23. The van der Waals surface area contributed by atoms with Crippen LogP contribution < -0.4 is 10.5 Å². The Labute approximate surface area is 151 Å². The van der Waals surface area contributed by atoms with Gasteiger partial charge in [0.1, 0.15) is 5.75 Å². The Balaban J connectivity index is 1.69. The van der Waals surface area contributed by atoms with Gasteiger partial charge in [0, 0.05) is 26.7 Å². The number of rotatable bonds is 5. The molecule has 2 heterocycles. The van der Waals surface area contributed by atoms with Crippen LogP contribution in [0.2, 0.25) is 5.02 Å². The van der Waals surface area contributed by atoms with E-state index >= 15 is 0 Å². The largest absolute Gasteiger partial charge is 0.482 e. The number of amides is 2. The molecule has 0 spiro atoms. The van der Waals surface area contributed by atoms with Crippen molar-refractivity contribution < 1.29 is 19.1 Å². The maximum atomic E-state index is 12.4. The third-order valence-electron chi connectivity index (χ3n) is 4.59. The van der Waals surface area contributed by atoms with E-state index in [0.29, 0.717) is 37.1 Å². The summed E-state index contributed by atoms with van der Waals surface area (Å²) in [6.07, 6.45) is 0. The monoisotopic (exact) mass is 367 g/mol. The Morgan fingerprint density at radius 2 is 2.20 bits per heavy atom. The van der Waals surface area contributed by atoms with E-state index in [0.717, 1.165) is 12.1 Å². The zero-order valence-electron chi connectivity index (χ0n) is 14.1. The van der Waals surface area contributed by atoms with Crippen molar-refractivity contribution in [2.75, 3.05) is 40.0 Å². The quantitative estimate of drug-likeness (QED) is 0.818. The average molecular weight is 368 g/mol. The lowest BCUT2D eigenvalue weighted by Gasteiger charge is -2.29. The number of carbonyl (C=O) groups excluding carboxylic acids is 2. The predicted octanol–water partition coefficient (Wildman–Crippen LogP) is 0.493. The van der Waals surface area contributed by atoms with Gasteiger partial charge in [0.25, 0.3) is 5.91 Å². The fourth-order valence-corrected chi connectivity index (χ4v) is 3.54. The molecular formula is C17H22ClN3O4. The van der Waals surface area contributed by atoms with Crippen molar-refractivity contribution in [2.24, 2.45) is 11.7 Å². The first kappa shape index (κ1) is 18.0. The highest BCUT2D eigenvalue weighted by Gasteiger charge is 2.37. The zero-order valence-corrected chi connectivity index (χ0v) is 14.9. The van der Waals surface area contributed by atoms with E-state index in [2.05, 4.69) is 4.90 Å². The lowest BCUT2D eigenvalue weighted by Crippen LogP contribution is -2.42. The van der Waals surface area contributed by atoms with E-state index in [9.17, 15) is 9.59 Å². The molecule has 1 aromatic carbocycles. The van der Waals surface area contributed by atoms with Gasteiger partial charge in [0.05, 0.1) is 30.2 Å². The van der Waals surface area contributed by atoms with E-state index in [1.165, 1.54) is 0 Å². The maximum Gasteiger partial charge on any atom is 0.255 e. The molecule has 2 fully saturated rings. The normalized spacial score (nSPS) is 24.1. The minimum absolute atomic E-state index is 0.0636. The Hall–Kier alpha value is -1.83. The van der Waals surface area contributed by atoms with Crippen LogP contribution in [0.15, 0.2) is 18.2 Å². The molecule has 2 N–H and O–H groups in total. The topological polar surface area (TPSA) is 85.1 Å². The first-order chi connectivity index (χ1) is 11.9. The van der Waals surface area contributed by atoms with E-state index < -0.39 is 5.91 Å². The van der Waals surface area contributed by atoms with Crippen LogP contribution in [0.3, 0.4) is 0 Å². The summed E-state index contributed by atoms with van der Waals surface area (Å²) >= 11 is 6.23. The lowest BCUT2D eigenvalue weighted by molar-refractivity contribution is -0.134. The lowest BCUT2D eigenvalue weighted by atomic mass is 10.1. The predicted molar refractivity (Wildman–Crippen MR) is 92.3 cm³/mol. The number of nitrogens with zero attached hydrogens (tertiary/aromatic N) is 2. The smallest absolute Gasteiger partial charge is 0.255 e. The summed E-state index contributed by atoms with van der Waals surface area (Å²) in [5.41, 5.74) is 6.09. The molecule has 2 saturated heterocycles. The van der Waals surface area contributed by atoms with E-state index in [4.69, 9.17) is 26.8 Å². The van der Waals surface area contributed by atoms with Crippen LogP contribution >= 0.6 is 11.6 Å². The van der Waals surface area contributed by atoms with E-state index in [1.807, 2.05) is 24.1 Å². The summed E-state index contributed by atoms with van der Waals surface area (Å²) < 4.78 is 10.9. The molecule has 0 aliphatic carbocycles. The van der Waals surface area contributed by atoms with Crippen molar-refractivity contribution in [1.29, 1.82) is 0 Å². The summed E-state index contributed by atoms with van der Waals surface area (Å²) in [4.78, 5) is 27.3. The van der Waals surface area contributed by atoms with Gasteiger partial charge < -0.3 is 20.1 Å². The molecule has 0 aromatic heterocycles. The third-order valence-corrected chi connectivity index (χ3v) is 4.89. The summed E-state index contributed by atoms with van der Waals surface area (Å²) in [7, 11) is 1.85. The number of carbonyl (C=O) groups is 2. The van der Waals surface area contributed by atoms with Gasteiger partial charge in [0.15, 0.2) is 6.61 Å². The SMILES string of the molecule is CN1C(=O)[C@H]2COC[C@@H]1CN(Cc1ccc(OCC(N)=O)c(Cl)c1)C2. The van der Waals surface area contributed by atoms with Gasteiger partial charge in [-0.2, -0.15) is 0 Å². The number of hydrogen-bond acceptors (Lipinski definition) is 5. The minimum atomic E-state index is -0.549. The maximum absolute atomic E-state index is 12.4. The molecule has 0 saturated carbocycles. The zero-order chi connectivity index (χ0) is 18.0. The van der Waals surface area contributed by atoms with Crippen molar-refractivity contribution in [3.8, 4) is 5.75 Å². The van der Waals surface area contributed by atoms with E-state index in [-0.39, 0.29) is 24.5 Å².